The Hall–Kier alpha value is -2.27. The second-order valence-corrected chi connectivity index (χ2v) is 13.9. The van der Waals surface area contributed by atoms with Crippen molar-refractivity contribution in [3.63, 3.8) is 0 Å². The molecule has 2 saturated heterocycles. The van der Waals surface area contributed by atoms with Crippen molar-refractivity contribution in [2.24, 2.45) is 0 Å². The smallest absolute Gasteiger partial charge is 0.340 e. The fourth-order valence-electron chi connectivity index (χ4n) is 6.23. The van der Waals surface area contributed by atoms with Gasteiger partial charge in [0.25, 0.3) is 0 Å². The number of nitrogens with zero attached hydrogens (tertiary/aromatic N) is 2. The number of carbonyl (C=O) groups is 1. The van der Waals surface area contributed by atoms with E-state index in [0.29, 0.717) is 58.0 Å². The molecule has 4 heterocycles. The third kappa shape index (κ3) is 4.48. The van der Waals surface area contributed by atoms with Gasteiger partial charge >= 0.3 is 5.97 Å². The van der Waals surface area contributed by atoms with Crippen LogP contribution in [-0.4, -0.2) is 75.2 Å². The maximum Gasteiger partial charge on any atom is 0.340 e. The molecule has 41 heavy (non-hydrogen) atoms. The van der Waals surface area contributed by atoms with Gasteiger partial charge in [0.1, 0.15) is 23.0 Å². The summed E-state index contributed by atoms with van der Waals surface area (Å²) in [5, 5.41) is 22.9. The topological polar surface area (TPSA) is 82.5 Å². The number of phenolic OH excluding ortho intramolecular Hbond substituents is 2. The van der Waals surface area contributed by atoms with Crippen molar-refractivity contribution in [1.29, 1.82) is 0 Å². The molecule has 2 N–H and O–H groups in total. The Labute approximate surface area is 256 Å². The SMILES string of the molecule is O=C1OC2(c3ccccc31)c1cc(Cl)c(O)c(CN3CCSCC3)c1Oc1c2cc(Cl)c(O)c1CN1CCSCC1. The van der Waals surface area contributed by atoms with Crippen LogP contribution in [0.5, 0.6) is 23.0 Å². The van der Waals surface area contributed by atoms with Crippen LogP contribution in [0.4, 0.5) is 0 Å². The molecule has 0 unspecified atom stereocenters. The minimum atomic E-state index is -1.43. The zero-order chi connectivity index (χ0) is 28.3. The number of hydrogen-bond donors (Lipinski definition) is 2. The lowest BCUT2D eigenvalue weighted by Crippen LogP contribution is -2.36. The van der Waals surface area contributed by atoms with E-state index in [4.69, 9.17) is 32.7 Å². The molecule has 0 atom stereocenters. The average molecular weight is 632 g/mol. The van der Waals surface area contributed by atoms with Crippen molar-refractivity contribution in [1.82, 2.24) is 9.80 Å². The summed E-state index contributed by atoms with van der Waals surface area (Å²) in [5.74, 6) is 4.15. The maximum atomic E-state index is 13.4. The van der Waals surface area contributed by atoms with E-state index in [2.05, 4.69) is 9.80 Å². The highest BCUT2D eigenvalue weighted by Gasteiger charge is 2.55. The van der Waals surface area contributed by atoms with Gasteiger partial charge in [-0.2, -0.15) is 23.5 Å². The number of halogens is 2. The van der Waals surface area contributed by atoms with Gasteiger partial charge in [0, 0.05) is 79.0 Å². The van der Waals surface area contributed by atoms with E-state index in [0.717, 1.165) is 49.2 Å². The third-order valence-electron chi connectivity index (χ3n) is 8.31. The molecule has 214 valence electrons. The monoisotopic (exact) mass is 630 g/mol. The van der Waals surface area contributed by atoms with Gasteiger partial charge in [-0.15, -0.1) is 0 Å². The second kappa shape index (κ2) is 10.8. The summed E-state index contributed by atoms with van der Waals surface area (Å²) in [4.78, 5) is 17.9. The Morgan fingerprint density at radius 3 is 1.78 bits per heavy atom. The largest absolute Gasteiger partial charge is 0.506 e. The van der Waals surface area contributed by atoms with Crippen LogP contribution in [0, 0.1) is 0 Å². The minimum Gasteiger partial charge on any atom is -0.506 e. The Kier molecular flexibility index (Phi) is 7.24. The lowest BCUT2D eigenvalue weighted by molar-refractivity contribution is 0.0222. The fraction of sp³-hybridized carbons (Fsp3) is 0.367. The van der Waals surface area contributed by atoms with Crippen LogP contribution in [0.1, 0.15) is 38.2 Å². The minimum absolute atomic E-state index is 0.0624. The molecule has 1 spiro atoms. The Balaban J connectivity index is 1.49. The molecule has 7 rings (SSSR count). The molecular weight excluding hydrogens is 603 g/mol. The van der Waals surface area contributed by atoms with Gasteiger partial charge in [0.2, 0.25) is 0 Å². The average Bonchev–Trinajstić information content (AvgIpc) is 3.29. The van der Waals surface area contributed by atoms with Crippen molar-refractivity contribution in [2.75, 3.05) is 49.2 Å². The van der Waals surface area contributed by atoms with E-state index in [-0.39, 0.29) is 21.5 Å². The molecule has 0 radical (unpaired) electrons. The summed E-state index contributed by atoms with van der Waals surface area (Å²) < 4.78 is 13.1. The highest BCUT2D eigenvalue weighted by Crippen LogP contribution is 2.61. The number of ether oxygens (including phenoxy) is 2. The quantitative estimate of drug-likeness (QED) is 0.334. The van der Waals surface area contributed by atoms with Gasteiger partial charge < -0.3 is 19.7 Å². The predicted molar refractivity (Wildman–Crippen MR) is 163 cm³/mol. The Morgan fingerprint density at radius 2 is 1.27 bits per heavy atom. The zero-order valence-electron chi connectivity index (χ0n) is 22.1. The molecular formula is C30H28Cl2N2O5S2. The van der Waals surface area contributed by atoms with Crippen LogP contribution in [0.3, 0.4) is 0 Å². The molecule has 0 bridgehead atoms. The number of fused-ring (bicyclic) bond motifs is 6. The number of benzene rings is 3. The lowest BCUT2D eigenvalue weighted by atomic mass is 9.76. The Bertz CT molecular complexity index is 1480. The molecule has 11 heteroatoms. The van der Waals surface area contributed by atoms with Gasteiger partial charge in [0.15, 0.2) is 5.60 Å². The number of thioether (sulfide) groups is 2. The lowest BCUT2D eigenvalue weighted by Gasteiger charge is -2.40. The highest BCUT2D eigenvalue weighted by atomic mass is 35.5. The van der Waals surface area contributed by atoms with Crippen molar-refractivity contribution < 1.29 is 24.5 Å². The molecule has 0 aromatic heterocycles. The fourth-order valence-corrected chi connectivity index (χ4v) is 8.63. The van der Waals surface area contributed by atoms with Gasteiger partial charge in [-0.3, -0.25) is 9.80 Å². The molecule has 4 aliphatic rings. The number of esters is 1. The summed E-state index contributed by atoms with van der Waals surface area (Å²) in [7, 11) is 0. The summed E-state index contributed by atoms with van der Waals surface area (Å²) in [6.45, 7) is 4.27. The van der Waals surface area contributed by atoms with Crippen LogP contribution < -0.4 is 4.74 Å². The third-order valence-corrected chi connectivity index (χ3v) is 10.8. The first-order chi connectivity index (χ1) is 19.9. The molecule has 0 aliphatic carbocycles. The zero-order valence-corrected chi connectivity index (χ0v) is 25.3. The van der Waals surface area contributed by atoms with E-state index < -0.39 is 11.6 Å². The van der Waals surface area contributed by atoms with E-state index in [1.54, 1.807) is 24.3 Å². The van der Waals surface area contributed by atoms with E-state index in [1.807, 2.05) is 35.7 Å². The predicted octanol–water partition coefficient (Wildman–Crippen LogP) is 6.07. The standard InChI is InChI=1S/C30H28Cl2N2O5S2/c31-23-13-21-27(18(25(23)35)15-33-5-9-40-10-6-33)38-28-19(16-34-7-11-41-12-8-34)26(36)24(32)14-22(28)30(21)20-4-2-1-3-17(20)29(37)39-30/h1-4,13-14,35-36H,5-12,15-16H2. The molecule has 3 aromatic rings. The first-order valence-electron chi connectivity index (χ1n) is 13.6. The van der Waals surface area contributed by atoms with Gasteiger partial charge in [-0.25, -0.2) is 4.79 Å². The van der Waals surface area contributed by atoms with Crippen molar-refractivity contribution in [3.05, 3.63) is 79.8 Å². The van der Waals surface area contributed by atoms with Crippen LogP contribution in [0.25, 0.3) is 0 Å². The van der Waals surface area contributed by atoms with E-state index in [9.17, 15) is 15.0 Å². The van der Waals surface area contributed by atoms with Gasteiger partial charge in [0.05, 0.1) is 26.7 Å². The first-order valence-corrected chi connectivity index (χ1v) is 16.7. The molecule has 7 nitrogen and oxygen atoms in total. The van der Waals surface area contributed by atoms with Gasteiger partial charge in [-0.05, 0) is 18.2 Å². The number of phenols is 2. The molecule has 0 amide bonds. The van der Waals surface area contributed by atoms with E-state index >= 15 is 0 Å². The number of aromatic hydroxyl groups is 2. The van der Waals surface area contributed by atoms with E-state index in [1.165, 1.54) is 0 Å². The van der Waals surface area contributed by atoms with Crippen LogP contribution in [0.15, 0.2) is 36.4 Å². The Morgan fingerprint density at radius 1 is 0.780 bits per heavy atom. The number of hydrogen-bond acceptors (Lipinski definition) is 9. The summed E-state index contributed by atoms with van der Waals surface area (Å²) in [5.41, 5.74) is 1.75. The van der Waals surface area contributed by atoms with Crippen molar-refractivity contribution in [3.8, 4) is 23.0 Å². The van der Waals surface area contributed by atoms with Crippen LogP contribution >= 0.6 is 46.7 Å². The summed E-state index contributed by atoms with van der Waals surface area (Å²) in [6.07, 6.45) is 0. The number of rotatable bonds is 4. The molecule has 2 fully saturated rings. The van der Waals surface area contributed by atoms with Crippen LogP contribution in [-0.2, 0) is 23.4 Å². The summed E-state index contributed by atoms with van der Waals surface area (Å²) >= 11 is 17.2. The van der Waals surface area contributed by atoms with Crippen molar-refractivity contribution >= 4 is 52.7 Å². The first kappa shape index (κ1) is 27.6. The highest BCUT2D eigenvalue weighted by molar-refractivity contribution is 7.99. The number of carbonyl (C=O) groups excluding carboxylic acids is 1. The molecule has 3 aromatic carbocycles. The maximum absolute atomic E-state index is 13.4. The van der Waals surface area contributed by atoms with Crippen molar-refractivity contribution in [2.45, 2.75) is 18.7 Å². The normalized spacial score (nSPS) is 19.8. The van der Waals surface area contributed by atoms with Gasteiger partial charge in [-0.1, -0.05) is 41.4 Å². The van der Waals surface area contributed by atoms with Crippen LogP contribution in [0.2, 0.25) is 10.0 Å². The molecule has 0 saturated carbocycles. The summed E-state index contributed by atoms with van der Waals surface area (Å²) in [6, 6.07) is 10.5. The molecule has 4 aliphatic heterocycles. The second-order valence-electron chi connectivity index (χ2n) is 10.6.